The summed E-state index contributed by atoms with van der Waals surface area (Å²) in [4.78, 5) is 12.4. The molecule has 1 aromatic rings. The van der Waals surface area contributed by atoms with E-state index in [0.717, 1.165) is 38.3 Å². The minimum absolute atomic E-state index is 0. The van der Waals surface area contributed by atoms with Gasteiger partial charge in [-0.05, 0) is 51.6 Å². The van der Waals surface area contributed by atoms with Gasteiger partial charge in [-0.15, -0.1) is 17.5 Å². The van der Waals surface area contributed by atoms with Crippen LogP contribution in [0, 0.1) is 5.92 Å². The highest BCUT2D eigenvalue weighted by Crippen LogP contribution is 2.27. The van der Waals surface area contributed by atoms with Gasteiger partial charge in [-0.3, -0.25) is 4.79 Å². The minimum Gasteiger partial charge on any atom is -0.348 e. The van der Waals surface area contributed by atoms with Crippen molar-refractivity contribution in [3.8, 4) is 0 Å². The largest absolute Gasteiger partial charge is 0.348 e. The standard InChI is InChI=1S/C18H31N5O.ClH/c1-14(7-8-15-5-3-2-4-6-15)20-18(24)17-13-23(22-21-17)16-9-11-19-12-10-16;/h13-16,19H,2-12H2,1H3,(H,20,24);1H. The van der Waals surface area contributed by atoms with E-state index in [1.807, 2.05) is 4.68 Å². The van der Waals surface area contributed by atoms with Gasteiger partial charge in [0.15, 0.2) is 5.69 Å². The first kappa shape index (κ1) is 20.2. The lowest BCUT2D eigenvalue weighted by atomic mass is 9.85. The average Bonchev–Trinajstić information content (AvgIpc) is 3.12. The lowest BCUT2D eigenvalue weighted by molar-refractivity contribution is 0.0931. The van der Waals surface area contributed by atoms with Gasteiger partial charge in [-0.25, -0.2) is 4.68 Å². The maximum atomic E-state index is 12.4. The number of hydrogen-bond acceptors (Lipinski definition) is 4. The second-order valence-corrected chi connectivity index (χ2v) is 7.52. The highest BCUT2D eigenvalue weighted by atomic mass is 35.5. The van der Waals surface area contributed by atoms with Crippen LogP contribution in [0.4, 0.5) is 0 Å². The number of nitrogens with zero attached hydrogens (tertiary/aromatic N) is 3. The Kier molecular flexibility index (Phi) is 8.16. The number of amides is 1. The third-order valence-corrected chi connectivity index (χ3v) is 5.54. The molecule has 25 heavy (non-hydrogen) atoms. The Morgan fingerprint density at radius 2 is 2.00 bits per heavy atom. The van der Waals surface area contributed by atoms with Crippen LogP contribution in [0.3, 0.4) is 0 Å². The van der Waals surface area contributed by atoms with Gasteiger partial charge in [-0.2, -0.15) is 0 Å². The molecule has 2 N–H and O–H groups in total. The lowest BCUT2D eigenvalue weighted by Gasteiger charge is -2.23. The highest BCUT2D eigenvalue weighted by molar-refractivity contribution is 5.92. The SMILES string of the molecule is CC(CCC1CCCCC1)NC(=O)c1cn(C2CCNCC2)nn1.Cl. The fourth-order valence-electron chi connectivity index (χ4n) is 3.96. The summed E-state index contributed by atoms with van der Waals surface area (Å²) in [6.07, 6.45) is 13.1. The van der Waals surface area contributed by atoms with Gasteiger partial charge < -0.3 is 10.6 Å². The Bertz CT molecular complexity index is 523. The monoisotopic (exact) mass is 369 g/mol. The molecule has 2 heterocycles. The zero-order valence-electron chi connectivity index (χ0n) is 15.2. The third kappa shape index (κ3) is 5.96. The molecule has 2 fully saturated rings. The van der Waals surface area contributed by atoms with Crippen LogP contribution in [0.1, 0.15) is 81.2 Å². The summed E-state index contributed by atoms with van der Waals surface area (Å²) in [6.45, 7) is 4.10. The molecule has 1 saturated carbocycles. The molecule has 3 rings (SSSR count). The summed E-state index contributed by atoms with van der Waals surface area (Å²) in [5.74, 6) is 0.769. The van der Waals surface area contributed by atoms with Crippen LogP contribution >= 0.6 is 12.4 Å². The van der Waals surface area contributed by atoms with Crippen molar-refractivity contribution in [3.05, 3.63) is 11.9 Å². The molecule has 1 aliphatic heterocycles. The van der Waals surface area contributed by atoms with Gasteiger partial charge in [-0.1, -0.05) is 37.3 Å². The molecule has 142 valence electrons. The zero-order valence-corrected chi connectivity index (χ0v) is 16.1. The predicted molar refractivity (Wildman–Crippen MR) is 101 cm³/mol. The topological polar surface area (TPSA) is 71.8 Å². The molecule has 0 aromatic carbocycles. The minimum atomic E-state index is -0.0914. The van der Waals surface area contributed by atoms with Crippen molar-refractivity contribution in [2.75, 3.05) is 13.1 Å². The number of rotatable bonds is 6. The summed E-state index contributed by atoms with van der Waals surface area (Å²) in [7, 11) is 0. The molecule has 6 nitrogen and oxygen atoms in total. The zero-order chi connectivity index (χ0) is 16.8. The van der Waals surface area contributed by atoms with E-state index in [1.165, 1.54) is 38.5 Å². The van der Waals surface area contributed by atoms with E-state index in [0.29, 0.717) is 11.7 Å². The number of halogens is 1. The second kappa shape index (κ2) is 10.1. The van der Waals surface area contributed by atoms with Crippen molar-refractivity contribution in [3.63, 3.8) is 0 Å². The molecule has 7 heteroatoms. The van der Waals surface area contributed by atoms with Crippen LogP contribution in [0.5, 0.6) is 0 Å². The molecule has 1 atom stereocenters. The van der Waals surface area contributed by atoms with Gasteiger partial charge in [0.1, 0.15) is 0 Å². The molecule has 0 spiro atoms. The van der Waals surface area contributed by atoms with E-state index in [2.05, 4.69) is 27.9 Å². The molecular weight excluding hydrogens is 338 g/mol. The molecular formula is C18H32ClN5O. The molecule has 1 unspecified atom stereocenters. The Morgan fingerprint density at radius 3 is 2.72 bits per heavy atom. The smallest absolute Gasteiger partial charge is 0.273 e. The van der Waals surface area contributed by atoms with Crippen molar-refractivity contribution in [1.29, 1.82) is 0 Å². The van der Waals surface area contributed by atoms with Gasteiger partial charge in [0, 0.05) is 6.04 Å². The van der Waals surface area contributed by atoms with E-state index in [4.69, 9.17) is 0 Å². The molecule has 0 bridgehead atoms. The number of nitrogens with one attached hydrogen (secondary N) is 2. The number of piperidine rings is 1. The van der Waals surface area contributed by atoms with E-state index >= 15 is 0 Å². The predicted octanol–water partition coefficient (Wildman–Crippen LogP) is 3.10. The molecule has 1 aliphatic carbocycles. The van der Waals surface area contributed by atoms with E-state index in [1.54, 1.807) is 6.20 Å². The normalized spacial score (nSPS) is 20.7. The van der Waals surface area contributed by atoms with Crippen molar-refractivity contribution in [2.45, 2.75) is 76.8 Å². The highest BCUT2D eigenvalue weighted by Gasteiger charge is 2.20. The number of carbonyl (C=O) groups excluding carboxylic acids is 1. The third-order valence-electron chi connectivity index (χ3n) is 5.54. The van der Waals surface area contributed by atoms with Crippen LogP contribution in [0.15, 0.2) is 6.20 Å². The van der Waals surface area contributed by atoms with Crippen LogP contribution in [0.25, 0.3) is 0 Å². The van der Waals surface area contributed by atoms with Crippen LogP contribution in [0.2, 0.25) is 0 Å². The van der Waals surface area contributed by atoms with Gasteiger partial charge >= 0.3 is 0 Å². The van der Waals surface area contributed by atoms with Crippen molar-refractivity contribution in [1.82, 2.24) is 25.6 Å². The Labute approximate surface area is 156 Å². The van der Waals surface area contributed by atoms with Crippen molar-refractivity contribution < 1.29 is 4.79 Å². The maximum absolute atomic E-state index is 12.4. The number of carbonyl (C=O) groups is 1. The number of hydrogen-bond donors (Lipinski definition) is 2. The van der Waals surface area contributed by atoms with E-state index < -0.39 is 0 Å². The first-order chi connectivity index (χ1) is 11.7. The Morgan fingerprint density at radius 1 is 1.28 bits per heavy atom. The lowest BCUT2D eigenvalue weighted by Crippen LogP contribution is -2.33. The maximum Gasteiger partial charge on any atom is 0.273 e. The van der Waals surface area contributed by atoms with E-state index in [9.17, 15) is 4.79 Å². The first-order valence-electron chi connectivity index (χ1n) is 9.66. The summed E-state index contributed by atoms with van der Waals surface area (Å²) < 4.78 is 1.86. The summed E-state index contributed by atoms with van der Waals surface area (Å²) in [5.41, 5.74) is 0.443. The fraction of sp³-hybridized carbons (Fsp3) is 0.833. The average molecular weight is 370 g/mol. The van der Waals surface area contributed by atoms with E-state index in [-0.39, 0.29) is 24.4 Å². The van der Waals surface area contributed by atoms with Gasteiger partial charge in [0.25, 0.3) is 5.91 Å². The second-order valence-electron chi connectivity index (χ2n) is 7.52. The fourth-order valence-corrected chi connectivity index (χ4v) is 3.96. The molecule has 1 amide bonds. The van der Waals surface area contributed by atoms with Gasteiger partial charge in [0.05, 0.1) is 12.2 Å². The summed E-state index contributed by atoms with van der Waals surface area (Å²) in [6, 6.07) is 0.562. The van der Waals surface area contributed by atoms with Crippen LogP contribution in [-0.2, 0) is 0 Å². The first-order valence-corrected chi connectivity index (χ1v) is 9.66. The number of aromatic nitrogens is 3. The Hall–Kier alpha value is -1.14. The van der Waals surface area contributed by atoms with Gasteiger partial charge in [0.2, 0.25) is 0 Å². The molecule has 1 saturated heterocycles. The van der Waals surface area contributed by atoms with Crippen molar-refractivity contribution in [2.24, 2.45) is 5.92 Å². The molecule has 1 aromatic heterocycles. The molecule has 0 radical (unpaired) electrons. The molecule has 2 aliphatic rings. The Balaban J connectivity index is 0.00000225. The van der Waals surface area contributed by atoms with Crippen molar-refractivity contribution >= 4 is 18.3 Å². The summed E-state index contributed by atoms with van der Waals surface area (Å²) >= 11 is 0. The summed E-state index contributed by atoms with van der Waals surface area (Å²) in [5, 5.41) is 14.7. The van der Waals surface area contributed by atoms with Crippen LogP contribution in [-0.4, -0.2) is 40.0 Å². The quantitative estimate of drug-likeness (QED) is 0.808. The van der Waals surface area contributed by atoms with Crippen LogP contribution < -0.4 is 10.6 Å².